The molecule has 3 aromatic carbocycles. The quantitative estimate of drug-likeness (QED) is 0.533. The largest absolute Gasteiger partial charge is 0.480 e. The maximum Gasteiger partial charge on any atom is 0.326 e. The van der Waals surface area contributed by atoms with Gasteiger partial charge in [0.15, 0.2) is 0 Å². The van der Waals surface area contributed by atoms with Gasteiger partial charge in [0.05, 0.1) is 0 Å². The molecule has 7 nitrogen and oxygen atoms in total. The Morgan fingerprint density at radius 1 is 0.939 bits per heavy atom. The summed E-state index contributed by atoms with van der Waals surface area (Å²) >= 11 is 0. The van der Waals surface area contributed by atoms with Crippen LogP contribution in [0.1, 0.15) is 17.9 Å². The lowest BCUT2D eigenvalue weighted by Gasteiger charge is -2.25. The van der Waals surface area contributed by atoms with Crippen LogP contribution in [0.3, 0.4) is 0 Å². The van der Waals surface area contributed by atoms with Gasteiger partial charge < -0.3 is 19.6 Å². The Morgan fingerprint density at radius 2 is 1.55 bits per heavy atom. The minimum absolute atomic E-state index is 0.0599. The van der Waals surface area contributed by atoms with Gasteiger partial charge in [0.2, 0.25) is 12.3 Å². The number of carboxylic acids is 1. The Morgan fingerprint density at radius 3 is 2.15 bits per heavy atom. The molecule has 3 aromatic rings. The molecule has 33 heavy (non-hydrogen) atoms. The smallest absolute Gasteiger partial charge is 0.326 e. The van der Waals surface area contributed by atoms with Gasteiger partial charge in [-0.15, -0.1) is 0 Å². The fourth-order valence-corrected chi connectivity index (χ4v) is 4.07. The van der Waals surface area contributed by atoms with Gasteiger partial charge >= 0.3 is 5.97 Å². The zero-order chi connectivity index (χ0) is 23.2. The molecular weight excluding hydrogens is 420 g/mol. The molecule has 0 spiro atoms. The number of anilines is 1. The third-order valence-electron chi connectivity index (χ3n) is 5.76. The van der Waals surface area contributed by atoms with Crippen LogP contribution in [0.5, 0.6) is 11.5 Å². The Hall–Kier alpha value is -4.13. The number of amides is 2. The van der Waals surface area contributed by atoms with Crippen LogP contribution in [-0.2, 0) is 14.4 Å². The maximum absolute atomic E-state index is 13.0. The first-order chi connectivity index (χ1) is 16.0. The summed E-state index contributed by atoms with van der Waals surface area (Å²) in [4.78, 5) is 39.2. The number of benzene rings is 3. The second-order valence-corrected chi connectivity index (χ2v) is 7.89. The van der Waals surface area contributed by atoms with Crippen molar-refractivity contribution in [1.29, 1.82) is 0 Å². The fraction of sp³-hybridized carbons (Fsp3) is 0.192. The van der Waals surface area contributed by atoms with E-state index in [1.807, 2.05) is 60.7 Å². The highest BCUT2D eigenvalue weighted by Gasteiger charge is 2.40. The standard InChI is InChI=1S/C26H24N2O5/c29-18-27(21-11-13-23(14-12-21)33-22-9-5-2-6-10-22)17-25(30)28-16-20(15-24(28)26(31)32)19-7-3-1-4-8-19/h1-14,18,20,24H,15-17H2,(H,31,32)/t20-,24+/m1/s1. The van der Waals surface area contributed by atoms with Crippen LogP contribution in [0.4, 0.5) is 5.69 Å². The molecule has 0 aromatic heterocycles. The van der Waals surface area contributed by atoms with Crippen molar-refractivity contribution < 1.29 is 24.2 Å². The summed E-state index contributed by atoms with van der Waals surface area (Å²) in [7, 11) is 0. The molecule has 1 aliphatic rings. The molecule has 4 rings (SSSR count). The minimum Gasteiger partial charge on any atom is -0.480 e. The summed E-state index contributed by atoms with van der Waals surface area (Å²) < 4.78 is 5.76. The fourth-order valence-electron chi connectivity index (χ4n) is 4.07. The molecule has 0 bridgehead atoms. The van der Waals surface area contributed by atoms with E-state index >= 15 is 0 Å². The van der Waals surface area contributed by atoms with Crippen LogP contribution < -0.4 is 9.64 Å². The summed E-state index contributed by atoms with van der Waals surface area (Å²) in [6.07, 6.45) is 0.920. The lowest BCUT2D eigenvalue weighted by atomic mass is 9.96. The Balaban J connectivity index is 1.44. The van der Waals surface area contributed by atoms with E-state index in [2.05, 4.69) is 0 Å². The summed E-state index contributed by atoms with van der Waals surface area (Å²) in [6.45, 7) is 0.0596. The Bertz CT molecular complexity index is 1100. The number of nitrogens with zero attached hydrogens (tertiary/aromatic N) is 2. The second kappa shape index (κ2) is 9.99. The molecule has 0 radical (unpaired) electrons. The molecule has 0 unspecified atom stereocenters. The Kier molecular flexibility index (Phi) is 6.69. The van der Waals surface area contributed by atoms with Crippen LogP contribution in [0.15, 0.2) is 84.9 Å². The zero-order valence-corrected chi connectivity index (χ0v) is 17.9. The van der Waals surface area contributed by atoms with Crippen molar-refractivity contribution >= 4 is 24.0 Å². The number of ether oxygens (including phenoxy) is 1. The van der Waals surface area contributed by atoms with Gasteiger partial charge in [-0.1, -0.05) is 48.5 Å². The van der Waals surface area contributed by atoms with E-state index in [0.717, 1.165) is 5.56 Å². The van der Waals surface area contributed by atoms with E-state index in [1.165, 1.54) is 9.80 Å². The highest BCUT2D eigenvalue weighted by atomic mass is 16.5. The minimum atomic E-state index is -1.04. The normalized spacial score (nSPS) is 17.4. The number of para-hydroxylation sites is 1. The lowest BCUT2D eigenvalue weighted by molar-refractivity contribution is -0.147. The number of likely N-dealkylation sites (tertiary alicyclic amines) is 1. The summed E-state index contributed by atoms with van der Waals surface area (Å²) in [5.41, 5.74) is 1.52. The molecule has 1 saturated heterocycles. The van der Waals surface area contributed by atoms with Gasteiger partial charge in [-0.2, -0.15) is 0 Å². The van der Waals surface area contributed by atoms with Gasteiger partial charge in [-0.25, -0.2) is 4.79 Å². The first-order valence-corrected chi connectivity index (χ1v) is 10.7. The highest BCUT2D eigenvalue weighted by molar-refractivity contribution is 5.91. The summed E-state index contributed by atoms with van der Waals surface area (Å²) in [5, 5.41) is 9.67. The average Bonchev–Trinajstić information content (AvgIpc) is 3.30. The number of hydrogen-bond donors (Lipinski definition) is 1. The molecule has 2 amide bonds. The molecule has 1 heterocycles. The number of aliphatic carboxylic acids is 1. The third kappa shape index (κ3) is 5.20. The molecule has 168 valence electrons. The van der Waals surface area contributed by atoms with Gasteiger partial charge in [-0.3, -0.25) is 9.59 Å². The van der Waals surface area contributed by atoms with E-state index in [9.17, 15) is 19.5 Å². The predicted molar refractivity (Wildman–Crippen MR) is 123 cm³/mol. The van der Waals surface area contributed by atoms with Gasteiger partial charge in [0, 0.05) is 18.2 Å². The van der Waals surface area contributed by atoms with E-state index in [-0.39, 0.29) is 12.5 Å². The van der Waals surface area contributed by atoms with Crippen molar-refractivity contribution in [2.75, 3.05) is 18.0 Å². The zero-order valence-electron chi connectivity index (χ0n) is 17.9. The summed E-state index contributed by atoms with van der Waals surface area (Å²) in [6, 6.07) is 24.8. The first-order valence-electron chi connectivity index (χ1n) is 10.7. The van der Waals surface area contributed by atoms with Crippen LogP contribution in [0, 0.1) is 0 Å². The monoisotopic (exact) mass is 444 g/mol. The van der Waals surface area contributed by atoms with Crippen molar-refractivity contribution in [3.8, 4) is 11.5 Å². The number of rotatable bonds is 8. The topological polar surface area (TPSA) is 87.2 Å². The van der Waals surface area contributed by atoms with E-state index in [0.29, 0.717) is 36.6 Å². The van der Waals surface area contributed by atoms with Crippen LogP contribution in [0.2, 0.25) is 0 Å². The van der Waals surface area contributed by atoms with Crippen molar-refractivity contribution in [3.63, 3.8) is 0 Å². The molecule has 0 saturated carbocycles. The molecule has 1 N–H and O–H groups in total. The van der Waals surface area contributed by atoms with Gasteiger partial charge in [0.25, 0.3) is 0 Å². The average molecular weight is 444 g/mol. The van der Waals surface area contributed by atoms with Crippen molar-refractivity contribution in [2.45, 2.75) is 18.4 Å². The van der Waals surface area contributed by atoms with Crippen LogP contribution in [0.25, 0.3) is 0 Å². The van der Waals surface area contributed by atoms with Gasteiger partial charge in [0.1, 0.15) is 24.1 Å². The third-order valence-corrected chi connectivity index (χ3v) is 5.76. The first kappa shape index (κ1) is 22.1. The van der Waals surface area contributed by atoms with Crippen molar-refractivity contribution in [3.05, 3.63) is 90.5 Å². The van der Waals surface area contributed by atoms with Crippen molar-refractivity contribution in [2.24, 2.45) is 0 Å². The predicted octanol–water partition coefficient (Wildman–Crippen LogP) is 3.91. The summed E-state index contributed by atoms with van der Waals surface area (Å²) in [5.74, 6) is -0.220. The number of carbonyl (C=O) groups excluding carboxylic acids is 2. The van der Waals surface area contributed by atoms with Crippen LogP contribution >= 0.6 is 0 Å². The number of hydrogen-bond acceptors (Lipinski definition) is 4. The maximum atomic E-state index is 13.0. The Labute approximate surface area is 191 Å². The lowest BCUT2D eigenvalue weighted by Crippen LogP contribution is -2.45. The molecule has 1 fully saturated rings. The SMILES string of the molecule is O=CN(CC(=O)N1C[C@H](c2ccccc2)C[C@H]1C(=O)O)c1ccc(Oc2ccccc2)cc1. The molecule has 0 aliphatic carbocycles. The number of carbonyl (C=O) groups is 3. The molecular formula is C26H24N2O5. The highest BCUT2D eigenvalue weighted by Crippen LogP contribution is 2.32. The molecule has 1 aliphatic heterocycles. The number of carboxylic acid groups (broad SMARTS) is 1. The van der Waals surface area contributed by atoms with Gasteiger partial charge in [-0.05, 0) is 48.4 Å². The molecule has 7 heteroatoms. The second-order valence-electron chi connectivity index (χ2n) is 7.89. The van der Waals surface area contributed by atoms with E-state index in [4.69, 9.17) is 4.74 Å². The van der Waals surface area contributed by atoms with E-state index < -0.39 is 17.9 Å². The van der Waals surface area contributed by atoms with E-state index in [1.54, 1.807) is 24.3 Å². The van der Waals surface area contributed by atoms with Crippen molar-refractivity contribution in [1.82, 2.24) is 4.90 Å². The van der Waals surface area contributed by atoms with Crippen LogP contribution in [-0.4, -0.2) is 47.4 Å². The molecule has 2 atom stereocenters.